The van der Waals surface area contributed by atoms with E-state index < -0.39 is 27.0 Å². The Morgan fingerprint density at radius 1 is 1.10 bits per heavy atom. The Balaban J connectivity index is -0.00000210. The fraction of sp³-hybridized carbons (Fsp3) is 0.389. The molecule has 0 atom stereocenters. The Hall–Kier alpha value is -0.880. The molecule has 0 saturated heterocycles. The van der Waals surface area contributed by atoms with Crippen LogP contribution >= 0.6 is 0 Å². The van der Waals surface area contributed by atoms with Gasteiger partial charge < -0.3 is 13.3 Å². The van der Waals surface area contributed by atoms with E-state index in [4.69, 9.17) is 5.11 Å². The Bertz CT molecular complexity index is 1000. The van der Waals surface area contributed by atoms with Gasteiger partial charge in [0, 0.05) is 18.8 Å². The third-order valence-corrected chi connectivity index (χ3v) is 5.39. The van der Waals surface area contributed by atoms with Gasteiger partial charge in [0.15, 0.2) is 5.03 Å². The molecule has 3 N–H and O–H groups in total. The summed E-state index contributed by atoms with van der Waals surface area (Å²) in [6, 6.07) is 5.58. The van der Waals surface area contributed by atoms with E-state index in [1.807, 2.05) is 50.6 Å². The van der Waals surface area contributed by atoms with E-state index in [-0.39, 0.29) is 79.5 Å². The van der Waals surface area contributed by atoms with Crippen LogP contribution in [0.4, 0.5) is 10.5 Å². The number of aromatic carboxylic acids is 1. The van der Waals surface area contributed by atoms with Crippen molar-refractivity contribution in [1.29, 1.82) is 0 Å². The molecule has 0 aliphatic rings. The largest absolute Gasteiger partial charge is 1.00 e. The second kappa shape index (κ2) is 11.7. The first-order valence-electron chi connectivity index (χ1n) is 8.68. The van der Waals surface area contributed by atoms with Crippen molar-refractivity contribution in [2.75, 3.05) is 5.32 Å². The fourth-order valence-electron chi connectivity index (χ4n) is 2.78. The number of hydrogen-bond donors (Lipinski definition) is 3. The molecule has 2 aromatic rings. The van der Waals surface area contributed by atoms with Gasteiger partial charge in [0.2, 0.25) is 0 Å². The van der Waals surface area contributed by atoms with Gasteiger partial charge in [-0.05, 0) is 23.0 Å². The van der Waals surface area contributed by atoms with Gasteiger partial charge in [-0.25, -0.2) is 14.3 Å². The number of anilines is 1. The van der Waals surface area contributed by atoms with Gasteiger partial charge in [0.1, 0.15) is 5.69 Å². The van der Waals surface area contributed by atoms with E-state index in [2.05, 4.69) is 10.4 Å². The van der Waals surface area contributed by atoms with Crippen molar-refractivity contribution in [3.63, 3.8) is 0 Å². The molecule has 0 aliphatic heterocycles. The van der Waals surface area contributed by atoms with Crippen LogP contribution in [0, 0.1) is 0 Å². The van der Waals surface area contributed by atoms with Crippen LogP contribution in [-0.2, 0) is 17.1 Å². The molecule has 0 unspecified atom stereocenters. The Morgan fingerprint density at radius 3 is 2.00 bits per heavy atom. The maximum absolute atomic E-state index is 12.4. The summed E-state index contributed by atoms with van der Waals surface area (Å²) in [5, 5.41) is 14.8. The van der Waals surface area contributed by atoms with Gasteiger partial charge >= 0.3 is 71.1 Å². The summed E-state index contributed by atoms with van der Waals surface area (Å²) in [4.78, 5) is 23.5. The fourth-order valence-corrected chi connectivity index (χ4v) is 3.68. The number of urea groups is 1. The van der Waals surface area contributed by atoms with Crippen molar-refractivity contribution >= 4 is 27.7 Å². The van der Waals surface area contributed by atoms with E-state index in [1.165, 1.54) is 7.05 Å². The molecule has 156 valence electrons. The SMILES string of the molecule is CC(C)c1cccc(C(C)C)c1NC(=O)NS(=O)(=O)c1cc(C(=O)O)n(C)n1.[H-].[H-].[Na+].[Na+]. The number of aryl methyl sites for hydroxylation is 1. The normalized spacial score (nSPS) is 10.9. The van der Waals surface area contributed by atoms with Gasteiger partial charge in [-0.15, -0.1) is 0 Å². The van der Waals surface area contributed by atoms with Crippen molar-refractivity contribution in [2.45, 2.75) is 44.6 Å². The number of benzene rings is 1. The smallest absolute Gasteiger partial charge is 1.00 e. The average molecular weight is 456 g/mol. The number of carbonyl (C=O) groups excluding carboxylic acids is 1. The maximum Gasteiger partial charge on any atom is 1.00 e. The Morgan fingerprint density at radius 2 is 1.60 bits per heavy atom. The van der Waals surface area contributed by atoms with Crippen molar-refractivity contribution in [3.8, 4) is 0 Å². The summed E-state index contributed by atoms with van der Waals surface area (Å²) in [6.45, 7) is 7.89. The van der Waals surface area contributed by atoms with Crippen LogP contribution in [0.15, 0.2) is 29.3 Å². The van der Waals surface area contributed by atoms with E-state index in [1.54, 1.807) is 0 Å². The second-order valence-electron chi connectivity index (χ2n) is 6.98. The number of amides is 2. The van der Waals surface area contributed by atoms with Crippen LogP contribution in [0.1, 0.15) is 64.0 Å². The summed E-state index contributed by atoms with van der Waals surface area (Å²) < 4.78 is 27.6. The zero-order chi connectivity index (χ0) is 21.2. The minimum atomic E-state index is -4.34. The number of sulfonamides is 1. The van der Waals surface area contributed by atoms with E-state index in [0.29, 0.717) is 5.69 Å². The molecule has 0 radical (unpaired) electrons. The standard InChI is InChI=1S/C18H24N4O5S.2Na.2H/c1-10(2)12-7-6-8-13(11(3)4)16(12)19-18(25)21-28(26,27)15-9-14(17(23)24)22(5)20-15;;;;/h6-11H,1-5H3,(H,23,24)(H2,19,21,25);;;;/q;2*+1;2*-1. The van der Waals surface area contributed by atoms with Crippen molar-refractivity contribution in [1.82, 2.24) is 14.5 Å². The molecule has 0 aliphatic carbocycles. The minimum absolute atomic E-state index is 0. The van der Waals surface area contributed by atoms with Crippen molar-refractivity contribution < 1.29 is 85.1 Å². The molecule has 12 heteroatoms. The predicted molar refractivity (Wildman–Crippen MR) is 106 cm³/mol. The summed E-state index contributed by atoms with van der Waals surface area (Å²) >= 11 is 0. The van der Waals surface area contributed by atoms with Crippen LogP contribution in [0.25, 0.3) is 0 Å². The van der Waals surface area contributed by atoms with Crippen LogP contribution in [0.3, 0.4) is 0 Å². The zero-order valence-corrected chi connectivity index (χ0v) is 23.2. The summed E-state index contributed by atoms with van der Waals surface area (Å²) in [5.41, 5.74) is 2.01. The second-order valence-corrected chi connectivity index (χ2v) is 8.61. The van der Waals surface area contributed by atoms with Gasteiger partial charge in [-0.2, -0.15) is 13.5 Å². The maximum atomic E-state index is 12.4. The average Bonchev–Trinajstić information content (AvgIpc) is 2.97. The number of aromatic nitrogens is 2. The molecule has 1 aromatic carbocycles. The van der Waals surface area contributed by atoms with Crippen molar-refractivity contribution in [3.05, 3.63) is 41.1 Å². The number of hydrogen-bond acceptors (Lipinski definition) is 5. The van der Waals surface area contributed by atoms with E-state index in [0.717, 1.165) is 21.9 Å². The number of carbonyl (C=O) groups is 2. The number of rotatable bonds is 6. The van der Waals surface area contributed by atoms with Gasteiger partial charge in [0.05, 0.1) is 0 Å². The zero-order valence-electron chi connectivity index (χ0n) is 20.3. The molecule has 0 saturated carbocycles. The monoisotopic (exact) mass is 456 g/mol. The van der Waals surface area contributed by atoms with Crippen LogP contribution in [-0.4, -0.2) is 35.3 Å². The first-order chi connectivity index (χ1) is 12.9. The number of carboxylic acid groups (broad SMARTS) is 1. The first kappa shape index (κ1) is 29.1. The number of carboxylic acids is 1. The Labute approximate surface area is 223 Å². The molecule has 2 rings (SSSR count). The van der Waals surface area contributed by atoms with Crippen molar-refractivity contribution in [2.24, 2.45) is 7.05 Å². The van der Waals surface area contributed by atoms with Crippen LogP contribution in [0.5, 0.6) is 0 Å². The molecule has 0 fully saturated rings. The summed E-state index contributed by atoms with van der Waals surface area (Å²) in [6.07, 6.45) is 0. The minimum Gasteiger partial charge on any atom is -1.00 e. The third kappa shape index (κ3) is 6.81. The predicted octanol–water partition coefficient (Wildman–Crippen LogP) is -2.89. The molecular weight excluding hydrogens is 430 g/mol. The van der Waals surface area contributed by atoms with E-state index >= 15 is 0 Å². The van der Waals surface area contributed by atoms with Crippen LogP contribution in [0.2, 0.25) is 0 Å². The molecule has 1 aromatic heterocycles. The molecule has 0 spiro atoms. The first-order valence-corrected chi connectivity index (χ1v) is 10.2. The number of nitrogens with one attached hydrogen (secondary N) is 2. The van der Waals surface area contributed by atoms with E-state index in [9.17, 15) is 18.0 Å². The molecular formula is C18H26N4Na2O5S. The Kier molecular flexibility index (Phi) is 11.3. The topological polar surface area (TPSA) is 130 Å². The summed E-state index contributed by atoms with van der Waals surface area (Å²) in [7, 11) is -3.04. The molecule has 9 nitrogen and oxygen atoms in total. The molecule has 1 heterocycles. The number of para-hydroxylation sites is 1. The quantitative estimate of drug-likeness (QED) is 0.400. The van der Waals surface area contributed by atoms with Gasteiger partial charge in [0.25, 0.3) is 10.0 Å². The van der Waals surface area contributed by atoms with Gasteiger partial charge in [-0.3, -0.25) is 4.68 Å². The molecule has 30 heavy (non-hydrogen) atoms. The van der Waals surface area contributed by atoms with Crippen LogP contribution < -0.4 is 69.2 Å². The number of nitrogens with zero attached hydrogens (tertiary/aromatic N) is 2. The summed E-state index contributed by atoms with van der Waals surface area (Å²) in [5.74, 6) is -1.10. The third-order valence-electron chi connectivity index (χ3n) is 4.19. The van der Waals surface area contributed by atoms with Gasteiger partial charge in [-0.1, -0.05) is 45.9 Å². The molecule has 0 bridgehead atoms. The molecule has 2 amide bonds.